The number of fused-ring (bicyclic) bond motifs is 1. The number of amides is 1. The van der Waals surface area contributed by atoms with Crippen LogP contribution in [0.25, 0.3) is 0 Å². The summed E-state index contributed by atoms with van der Waals surface area (Å²) in [5, 5.41) is 0. The summed E-state index contributed by atoms with van der Waals surface area (Å²) in [4.78, 5) is 16.3. The van der Waals surface area contributed by atoms with Crippen molar-refractivity contribution < 1.29 is 9.53 Å². The lowest BCUT2D eigenvalue weighted by Gasteiger charge is -2.16. The van der Waals surface area contributed by atoms with Crippen molar-refractivity contribution in [1.82, 2.24) is 0 Å². The van der Waals surface area contributed by atoms with E-state index in [1.165, 1.54) is 4.88 Å². The van der Waals surface area contributed by atoms with Crippen LogP contribution >= 0.6 is 11.3 Å². The summed E-state index contributed by atoms with van der Waals surface area (Å²) in [7, 11) is 1.80. The Hall–Kier alpha value is -1.69. The minimum absolute atomic E-state index is 0.0231. The van der Waals surface area contributed by atoms with Crippen molar-refractivity contribution >= 4 is 22.9 Å². The summed E-state index contributed by atoms with van der Waals surface area (Å²) >= 11 is 1.58. The zero-order valence-corrected chi connectivity index (χ0v) is 12.8. The van der Waals surface area contributed by atoms with Gasteiger partial charge in [-0.05, 0) is 29.3 Å². The molecule has 3 rings (SSSR count). The third kappa shape index (κ3) is 2.85. The first-order valence-corrected chi connectivity index (χ1v) is 7.77. The van der Waals surface area contributed by atoms with E-state index in [9.17, 15) is 4.79 Å². The number of carbonyl (C=O) groups is 1. The summed E-state index contributed by atoms with van der Waals surface area (Å²) in [6, 6.07) is 9.72. The van der Waals surface area contributed by atoms with Gasteiger partial charge in [0, 0.05) is 30.6 Å². The molecule has 4 nitrogen and oxygen atoms in total. The summed E-state index contributed by atoms with van der Waals surface area (Å²) in [6.07, 6.45) is 0.905. The lowest BCUT2D eigenvalue weighted by Crippen LogP contribution is -2.25. The molecule has 1 aromatic heterocycles. The molecule has 5 heteroatoms. The van der Waals surface area contributed by atoms with Crippen molar-refractivity contribution in [3.63, 3.8) is 0 Å². The van der Waals surface area contributed by atoms with E-state index in [1.807, 2.05) is 30.3 Å². The quantitative estimate of drug-likeness (QED) is 0.948. The van der Waals surface area contributed by atoms with Crippen LogP contribution in [0.2, 0.25) is 0 Å². The molecule has 1 amide bonds. The topological polar surface area (TPSA) is 55.6 Å². The first-order chi connectivity index (χ1) is 10.2. The Morgan fingerprint density at radius 1 is 1.38 bits per heavy atom. The molecule has 0 unspecified atom stereocenters. The van der Waals surface area contributed by atoms with Gasteiger partial charge < -0.3 is 15.4 Å². The standard InChI is InChI=1S/C16H18N2O2S/c1-18(13-4-2-11(9-17)3-5-13)16(19)15-8-12-10-20-7-6-14(12)21-15/h2-5,8H,6-7,9-10,17H2,1H3. The Bertz CT molecular complexity index is 625. The van der Waals surface area contributed by atoms with Gasteiger partial charge in [0.25, 0.3) is 5.91 Å². The van der Waals surface area contributed by atoms with Crippen LogP contribution in [0.4, 0.5) is 5.69 Å². The molecule has 0 atom stereocenters. The van der Waals surface area contributed by atoms with Crippen LogP contribution in [-0.2, 0) is 24.3 Å². The first kappa shape index (κ1) is 14.3. The van der Waals surface area contributed by atoms with E-state index < -0.39 is 0 Å². The van der Waals surface area contributed by atoms with Gasteiger partial charge in [-0.3, -0.25) is 4.79 Å². The molecule has 0 bridgehead atoms. The van der Waals surface area contributed by atoms with Gasteiger partial charge in [-0.2, -0.15) is 0 Å². The van der Waals surface area contributed by atoms with E-state index in [0.29, 0.717) is 13.2 Å². The molecule has 1 aliphatic rings. The molecule has 0 saturated carbocycles. The molecule has 0 aliphatic carbocycles. The Morgan fingerprint density at radius 3 is 2.81 bits per heavy atom. The molecule has 110 valence electrons. The zero-order chi connectivity index (χ0) is 14.8. The third-order valence-corrected chi connectivity index (χ3v) is 4.93. The number of thiophene rings is 1. The molecular weight excluding hydrogens is 284 g/mol. The predicted octanol–water partition coefficient (Wildman–Crippen LogP) is 2.56. The lowest BCUT2D eigenvalue weighted by molar-refractivity contribution is 0.0996. The third-order valence-electron chi connectivity index (χ3n) is 3.70. The monoisotopic (exact) mass is 302 g/mol. The van der Waals surface area contributed by atoms with Crippen molar-refractivity contribution in [2.75, 3.05) is 18.6 Å². The fraction of sp³-hybridized carbons (Fsp3) is 0.312. The number of nitrogens with zero attached hydrogens (tertiary/aromatic N) is 1. The van der Waals surface area contributed by atoms with Crippen LogP contribution in [0.1, 0.15) is 25.7 Å². The number of hydrogen-bond acceptors (Lipinski definition) is 4. The average molecular weight is 302 g/mol. The Morgan fingerprint density at radius 2 is 2.14 bits per heavy atom. The molecule has 2 aromatic rings. The van der Waals surface area contributed by atoms with Crippen LogP contribution in [0.15, 0.2) is 30.3 Å². The highest BCUT2D eigenvalue weighted by atomic mass is 32.1. The smallest absolute Gasteiger partial charge is 0.268 e. The SMILES string of the molecule is CN(C(=O)c1cc2c(s1)CCOC2)c1ccc(CN)cc1. The largest absolute Gasteiger partial charge is 0.376 e. The summed E-state index contributed by atoms with van der Waals surface area (Å²) in [5.41, 5.74) is 8.68. The first-order valence-electron chi connectivity index (χ1n) is 6.95. The van der Waals surface area contributed by atoms with Gasteiger partial charge >= 0.3 is 0 Å². The van der Waals surface area contributed by atoms with Crippen molar-refractivity contribution in [2.24, 2.45) is 5.73 Å². The Kier molecular flexibility index (Phi) is 4.05. The maximum atomic E-state index is 12.6. The zero-order valence-electron chi connectivity index (χ0n) is 12.0. The molecule has 0 fully saturated rings. The molecule has 0 radical (unpaired) electrons. The van der Waals surface area contributed by atoms with Gasteiger partial charge in [-0.1, -0.05) is 12.1 Å². The van der Waals surface area contributed by atoms with Crippen LogP contribution < -0.4 is 10.6 Å². The highest BCUT2D eigenvalue weighted by molar-refractivity contribution is 7.14. The number of benzene rings is 1. The fourth-order valence-electron chi connectivity index (χ4n) is 2.39. The predicted molar refractivity (Wildman–Crippen MR) is 84.7 cm³/mol. The molecule has 2 N–H and O–H groups in total. The maximum Gasteiger partial charge on any atom is 0.268 e. The number of rotatable bonds is 3. The molecule has 2 heterocycles. The molecule has 0 saturated heterocycles. The van der Waals surface area contributed by atoms with Gasteiger partial charge in [0.05, 0.1) is 18.1 Å². The minimum atomic E-state index is 0.0231. The van der Waals surface area contributed by atoms with E-state index in [4.69, 9.17) is 10.5 Å². The van der Waals surface area contributed by atoms with E-state index >= 15 is 0 Å². The second-order valence-corrected chi connectivity index (χ2v) is 6.23. The Balaban J connectivity index is 1.81. The van der Waals surface area contributed by atoms with Gasteiger partial charge in [0.2, 0.25) is 0 Å². The molecule has 21 heavy (non-hydrogen) atoms. The summed E-state index contributed by atoms with van der Waals surface area (Å²) in [6.45, 7) is 1.88. The van der Waals surface area contributed by atoms with Gasteiger partial charge in [-0.25, -0.2) is 0 Å². The van der Waals surface area contributed by atoms with E-state index in [1.54, 1.807) is 23.3 Å². The van der Waals surface area contributed by atoms with Crippen LogP contribution in [0, 0.1) is 0 Å². The fourth-order valence-corrected chi connectivity index (χ4v) is 3.52. The summed E-state index contributed by atoms with van der Waals surface area (Å²) < 4.78 is 5.43. The van der Waals surface area contributed by atoms with Gasteiger partial charge in [0.15, 0.2) is 0 Å². The Labute approximate surface area is 128 Å². The number of anilines is 1. The minimum Gasteiger partial charge on any atom is -0.376 e. The number of ether oxygens (including phenoxy) is 1. The van der Waals surface area contributed by atoms with E-state index in [2.05, 4.69) is 0 Å². The average Bonchev–Trinajstić information content (AvgIpc) is 2.97. The number of hydrogen-bond donors (Lipinski definition) is 1. The highest BCUT2D eigenvalue weighted by Gasteiger charge is 2.20. The summed E-state index contributed by atoms with van der Waals surface area (Å²) in [5.74, 6) is 0.0231. The molecule has 1 aromatic carbocycles. The molecular formula is C16H18N2O2S. The van der Waals surface area contributed by atoms with E-state index in [-0.39, 0.29) is 5.91 Å². The number of nitrogens with two attached hydrogens (primary N) is 1. The van der Waals surface area contributed by atoms with Crippen LogP contribution in [0.3, 0.4) is 0 Å². The maximum absolute atomic E-state index is 12.6. The van der Waals surface area contributed by atoms with Crippen molar-refractivity contribution in [2.45, 2.75) is 19.6 Å². The van der Waals surface area contributed by atoms with Gasteiger partial charge in [-0.15, -0.1) is 11.3 Å². The molecule has 1 aliphatic heterocycles. The van der Waals surface area contributed by atoms with Crippen molar-refractivity contribution in [3.05, 3.63) is 51.2 Å². The lowest BCUT2D eigenvalue weighted by atomic mass is 10.1. The number of carbonyl (C=O) groups excluding carboxylic acids is 1. The van der Waals surface area contributed by atoms with Crippen LogP contribution in [0.5, 0.6) is 0 Å². The normalized spacial score (nSPS) is 13.8. The highest BCUT2D eigenvalue weighted by Crippen LogP contribution is 2.28. The van der Waals surface area contributed by atoms with Gasteiger partial charge in [0.1, 0.15) is 0 Å². The second-order valence-electron chi connectivity index (χ2n) is 5.10. The van der Waals surface area contributed by atoms with Crippen molar-refractivity contribution in [3.8, 4) is 0 Å². The van der Waals surface area contributed by atoms with Crippen molar-refractivity contribution in [1.29, 1.82) is 0 Å². The second kappa shape index (κ2) is 5.97. The van der Waals surface area contributed by atoms with E-state index in [0.717, 1.165) is 34.7 Å². The van der Waals surface area contributed by atoms with Crippen LogP contribution in [-0.4, -0.2) is 19.6 Å². The molecule has 0 spiro atoms.